The summed E-state index contributed by atoms with van der Waals surface area (Å²) in [4.78, 5) is 6.96. The second-order valence-electron chi connectivity index (χ2n) is 7.35. The number of H-pyrrole nitrogens is 1. The van der Waals surface area contributed by atoms with Crippen molar-refractivity contribution in [1.29, 1.82) is 0 Å². The summed E-state index contributed by atoms with van der Waals surface area (Å²) >= 11 is 0. The quantitative estimate of drug-likeness (QED) is 0.781. The maximum absolute atomic E-state index is 5.84. The van der Waals surface area contributed by atoms with E-state index in [0.29, 0.717) is 12.1 Å². The molecule has 4 heterocycles. The van der Waals surface area contributed by atoms with Gasteiger partial charge in [0.1, 0.15) is 17.3 Å². The minimum absolute atomic E-state index is 0.142. The van der Waals surface area contributed by atoms with Crippen LogP contribution in [0, 0.1) is 0 Å². The van der Waals surface area contributed by atoms with Gasteiger partial charge in [-0.3, -0.25) is 5.10 Å². The number of anilines is 1. The molecule has 0 amide bonds. The molecule has 3 aromatic rings. The molecule has 2 aliphatic rings. The van der Waals surface area contributed by atoms with Gasteiger partial charge in [-0.1, -0.05) is 0 Å². The van der Waals surface area contributed by atoms with Gasteiger partial charge >= 0.3 is 0 Å². The number of nitrogens with one attached hydrogen (secondary N) is 1. The van der Waals surface area contributed by atoms with Gasteiger partial charge in [-0.25, -0.2) is 4.98 Å². The normalized spacial score (nSPS) is 21.9. The molecule has 5 rings (SSSR count). The molecule has 0 radical (unpaired) electrons. The van der Waals surface area contributed by atoms with Gasteiger partial charge in [-0.2, -0.15) is 5.10 Å². The third kappa shape index (κ3) is 2.61. The molecule has 2 saturated heterocycles. The van der Waals surface area contributed by atoms with Crippen molar-refractivity contribution in [3.63, 3.8) is 0 Å². The topological polar surface area (TPSA) is 63.3 Å². The first-order valence-corrected chi connectivity index (χ1v) is 9.17. The lowest BCUT2D eigenvalue weighted by Gasteiger charge is -2.28. The van der Waals surface area contributed by atoms with Crippen LogP contribution >= 0.6 is 0 Å². The molecule has 2 bridgehead atoms. The number of aromatic nitrogens is 3. The molecule has 0 saturated carbocycles. The summed E-state index contributed by atoms with van der Waals surface area (Å²) in [7, 11) is 0. The first-order valence-electron chi connectivity index (χ1n) is 9.17. The van der Waals surface area contributed by atoms with Crippen LogP contribution in [0.3, 0.4) is 0 Å². The number of hydrogen-bond acceptors (Lipinski definition) is 5. The van der Waals surface area contributed by atoms with Crippen molar-refractivity contribution in [2.45, 2.75) is 38.5 Å². The fourth-order valence-electron chi connectivity index (χ4n) is 3.96. The Morgan fingerprint density at radius 2 is 2.19 bits per heavy atom. The van der Waals surface area contributed by atoms with Crippen molar-refractivity contribution in [3.05, 3.63) is 36.5 Å². The van der Waals surface area contributed by atoms with E-state index in [4.69, 9.17) is 9.47 Å². The van der Waals surface area contributed by atoms with E-state index < -0.39 is 0 Å². The number of aromatic amines is 1. The first kappa shape index (κ1) is 15.6. The van der Waals surface area contributed by atoms with Gasteiger partial charge in [0.15, 0.2) is 0 Å². The van der Waals surface area contributed by atoms with Crippen molar-refractivity contribution in [2.24, 2.45) is 0 Å². The third-order valence-corrected chi connectivity index (χ3v) is 5.12. The Kier molecular flexibility index (Phi) is 3.60. The van der Waals surface area contributed by atoms with Crippen LogP contribution in [0.1, 0.15) is 20.3 Å². The summed E-state index contributed by atoms with van der Waals surface area (Å²) in [5, 5.41) is 8.74. The molecule has 2 aromatic heterocycles. The number of benzene rings is 1. The van der Waals surface area contributed by atoms with Gasteiger partial charge in [0.2, 0.25) is 0 Å². The van der Waals surface area contributed by atoms with E-state index in [2.05, 4.69) is 32.2 Å². The van der Waals surface area contributed by atoms with Gasteiger partial charge in [0.25, 0.3) is 0 Å². The fraction of sp³-hybridized carbons (Fsp3) is 0.400. The van der Waals surface area contributed by atoms with Gasteiger partial charge in [0.05, 0.1) is 30.4 Å². The number of nitrogens with zero attached hydrogens (tertiary/aromatic N) is 3. The Morgan fingerprint density at radius 3 is 2.96 bits per heavy atom. The van der Waals surface area contributed by atoms with E-state index in [1.807, 2.05) is 38.2 Å². The third-order valence-electron chi connectivity index (χ3n) is 5.12. The summed E-state index contributed by atoms with van der Waals surface area (Å²) in [5.74, 6) is 1.86. The van der Waals surface area contributed by atoms with E-state index in [0.717, 1.165) is 53.3 Å². The predicted molar refractivity (Wildman–Crippen MR) is 101 cm³/mol. The predicted octanol–water partition coefficient (Wildman–Crippen LogP) is 3.39. The maximum atomic E-state index is 5.84. The van der Waals surface area contributed by atoms with Gasteiger partial charge < -0.3 is 14.4 Å². The molecular weight excluding hydrogens is 328 g/mol. The summed E-state index contributed by atoms with van der Waals surface area (Å²) in [5.41, 5.74) is 2.99. The number of pyridine rings is 1. The molecule has 134 valence electrons. The highest BCUT2D eigenvalue weighted by atomic mass is 16.5. The number of ether oxygens (including phenoxy) is 2. The van der Waals surface area contributed by atoms with E-state index in [1.54, 1.807) is 0 Å². The van der Waals surface area contributed by atoms with Crippen LogP contribution in [0.4, 0.5) is 5.82 Å². The molecule has 0 unspecified atom stereocenters. The Bertz CT molecular complexity index is 952. The largest absolute Gasteiger partial charge is 0.491 e. The van der Waals surface area contributed by atoms with Crippen molar-refractivity contribution in [2.75, 3.05) is 18.1 Å². The smallest absolute Gasteiger partial charge is 0.129 e. The van der Waals surface area contributed by atoms with Gasteiger partial charge in [-0.05, 0) is 50.6 Å². The highest BCUT2D eigenvalue weighted by Gasteiger charge is 2.39. The summed E-state index contributed by atoms with van der Waals surface area (Å²) in [6.45, 7) is 5.79. The molecule has 2 fully saturated rings. The number of fused-ring (bicyclic) bond motifs is 3. The lowest BCUT2D eigenvalue weighted by molar-refractivity contribution is 0.0989. The number of morpholine rings is 1. The maximum Gasteiger partial charge on any atom is 0.129 e. The minimum atomic E-state index is 0.142. The molecule has 6 heteroatoms. The second kappa shape index (κ2) is 5.99. The fourth-order valence-corrected chi connectivity index (χ4v) is 3.96. The zero-order chi connectivity index (χ0) is 17.7. The zero-order valence-electron chi connectivity index (χ0n) is 15.0. The van der Waals surface area contributed by atoms with Gasteiger partial charge in [0, 0.05) is 23.7 Å². The highest BCUT2D eigenvalue weighted by molar-refractivity contribution is 5.94. The first-order chi connectivity index (χ1) is 12.7. The van der Waals surface area contributed by atoms with Crippen molar-refractivity contribution < 1.29 is 9.47 Å². The van der Waals surface area contributed by atoms with Crippen LogP contribution in [0.2, 0.25) is 0 Å². The zero-order valence-corrected chi connectivity index (χ0v) is 15.0. The van der Waals surface area contributed by atoms with Crippen molar-refractivity contribution in [3.8, 4) is 17.0 Å². The lowest BCUT2D eigenvalue weighted by atomic mass is 10.1. The van der Waals surface area contributed by atoms with E-state index in [9.17, 15) is 0 Å². The van der Waals surface area contributed by atoms with Gasteiger partial charge in [-0.15, -0.1) is 0 Å². The molecular formula is C20H22N4O2. The van der Waals surface area contributed by atoms with Crippen LogP contribution in [0.25, 0.3) is 22.2 Å². The van der Waals surface area contributed by atoms with E-state index in [-0.39, 0.29) is 6.10 Å². The SMILES string of the molecule is CC(C)Oc1ccc2[nH]nc(-c3ccnc(N4C[C@@H]5C[C@H]4CO5)c3)c2c1. The monoisotopic (exact) mass is 350 g/mol. The molecule has 2 aliphatic heterocycles. The van der Waals surface area contributed by atoms with E-state index >= 15 is 0 Å². The van der Waals surface area contributed by atoms with Crippen LogP contribution in [0.15, 0.2) is 36.5 Å². The van der Waals surface area contributed by atoms with Crippen LogP contribution in [0.5, 0.6) is 5.75 Å². The molecule has 1 aromatic carbocycles. The number of rotatable bonds is 4. The minimum Gasteiger partial charge on any atom is -0.491 e. The van der Waals surface area contributed by atoms with E-state index in [1.165, 1.54) is 0 Å². The number of hydrogen-bond donors (Lipinski definition) is 1. The van der Waals surface area contributed by atoms with Crippen LogP contribution in [-0.2, 0) is 4.74 Å². The molecule has 6 nitrogen and oxygen atoms in total. The molecule has 0 aliphatic carbocycles. The molecule has 1 N–H and O–H groups in total. The Morgan fingerprint density at radius 1 is 1.27 bits per heavy atom. The Labute approximate surface area is 152 Å². The molecule has 26 heavy (non-hydrogen) atoms. The highest BCUT2D eigenvalue weighted by Crippen LogP contribution is 2.34. The van der Waals surface area contributed by atoms with Crippen LogP contribution in [-0.4, -0.2) is 46.6 Å². The standard InChI is InChI=1S/C20H22N4O2/c1-12(2)26-15-3-4-18-17(9-15)20(23-22-18)13-5-6-21-19(7-13)24-10-16-8-14(24)11-25-16/h3-7,9,12,14,16H,8,10-11H2,1-2H3,(H,22,23)/t14-,16-/m0/s1. The summed E-state index contributed by atoms with van der Waals surface area (Å²) in [6.07, 6.45) is 3.47. The second-order valence-corrected chi connectivity index (χ2v) is 7.35. The average Bonchev–Trinajstić information content (AvgIpc) is 3.36. The van der Waals surface area contributed by atoms with Crippen molar-refractivity contribution in [1.82, 2.24) is 15.2 Å². The summed E-state index contributed by atoms with van der Waals surface area (Å²) in [6, 6.07) is 10.6. The Balaban J connectivity index is 1.52. The lowest BCUT2D eigenvalue weighted by Crippen LogP contribution is -2.37. The van der Waals surface area contributed by atoms with Crippen molar-refractivity contribution >= 4 is 16.7 Å². The molecule has 2 atom stereocenters. The summed E-state index contributed by atoms with van der Waals surface area (Å²) < 4.78 is 11.6. The van der Waals surface area contributed by atoms with Crippen LogP contribution < -0.4 is 9.64 Å². The Hall–Kier alpha value is -2.60. The molecule has 0 spiro atoms. The average molecular weight is 350 g/mol.